The first-order chi connectivity index (χ1) is 17.8. The van der Waals surface area contributed by atoms with E-state index in [0.717, 1.165) is 18.4 Å². The van der Waals surface area contributed by atoms with Gasteiger partial charge in [0.2, 0.25) is 0 Å². The van der Waals surface area contributed by atoms with Gasteiger partial charge in [-0.1, -0.05) is 31.5 Å². The van der Waals surface area contributed by atoms with E-state index in [1.54, 1.807) is 48.8 Å². The van der Waals surface area contributed by atoms with Gasteiger partial charge in [-0.15, -0.1) is 0 Å². The number of aryl methyl sites for hydroxylation is 1. The molecule has 0 aliphatic carbocycles. The molecule has 0 spiro atoms. The van der Waals surface area contributed by atoms with Gasteiger partial charge in [0, 0.05) is 36.6 Å². The Hall–Kier alpha value is -4.53. The fourth-order valence-corrected chi connectivity index (χ4v) is 4.33. The van der Waals surface area contributed by atoms with Crippen molar-refractivity contribution in [2.24, 2.45) is 0 Å². The predicted octanol–water partition coefficient (Wildman–Crippen LogP) is 5.10. The summed E-state index contributed by atoms with van der Waals surface area (Å²) in [6.45, 7) is 4.50. The van der Waals surface area contributed by atoms with E-state index in [2.05, 4.69) is 11.9 Å². The summed E-state index contributed by atoms with van der Waals surface area (Å²) >= 11 is 0. The number of amides is 1. The highest BCUT2D eigenvalue weighted by atomic mass is 16.6. The molecular weight excluding hydrogens is 474 g/mol. The van der Waals surface area contributed by atoms with Gasteiger partial charge >= 0.3 is 0 Å². The number of carbonyl (C=O) groups is 2. The van der Waals surface area contributed by atoms with E-state index >= 15 is 0 Å². The van der Waals surface area contributed by atoms with Gasteiger partial charge in [-0.05, 0) is 54.3 Å². The number of carbonyl (C=O) groups excluding carboxylic acids is 2. The van der Waals surface area contributed by atoms with E-state index in [9.17, 15) is 24.8 Å². The molecule has 2 heterocycles. The lowest BCUT2D eigenvalue weighted by atomic mass is 9.94. The number of unbranched alkanes of at least 4 members (excludes halogenated alkanes) is 1. The lowest BCUT2D eigenvalue weighted by Gasteiger charge is -2.25. The number of non-ortho nitro benzene ring substituents is 1. The van der Waals surface area contributed by atoms with Crippen molar-refractivity contribution >= 4 is 23.1 Å². The maximum Gasteiger partial charge on any atom is 0.295 e. The fourth-order valence-electron chi connectivity index (χ4n) is 4.33. The van der Waals surface area contributed by atoms with Crippen LogP contribution in [0.1, 0.15) is 48.1 Å². The van der Waals surface area contributed by atoms with Crippen LogP contribution in [0.4, 0.5) is 5.69 Å². The van der Waals surface area contributed by atoms with E-state index in [0.29, 0.717) is 29.0 Å². The Morgan fingerprint density at radius 2 is 1.97 bits per heavy atom. The number of pyridine rings is 1. The van der Waals surface area contributed by atoms with E-state index in [4.69, 9.17) is 4.74 Å². The summed E-state index contributed by atoms with van der Waals surface area (Å²) in [6, 6.07) is 13.2. The molecule has 2 aromatic carbocycles. The molecule has 1 atom stereocenters. The average molecular weight is 502 g/mol. The van der Waals surface area contributed by atoms with Gasteiger partial charge < -0.3 is 14.7 Å². The van der Waals surface area contributed by atoms with Gasteiger partial charge in [0.05, 0.1) is 23.1 Å². The van der Waals surface area contributed by atoms with Crippen molar-refractivity contribution in [1.82, 2.24) is 9.88 Å². The van der Waals surface area contributed by atoms with Crippen LogP contribution in [0.2, 0.25) is 0 Å². The number of likely N-dealkylation sites (tertiary alicyclic amines) is 1. The zero-order chi connectivity index (χ0) is 26.5. The predicted molar refractivity (Wildman–Crippen MR) is 137 cm³/mol. The van der Waals surface area contributed by atoms with Crippen LogP contribution in [0.5, 0.6) is 5.75 Å². The Bertz CT molecular complexity index is 1370. The van der Waals surface area contributed by atoms with Crippen molar-refractivity contribution in [3.05, 3.63) is 105 Å². The number of hydrogen-bond acceptors (Lipinski definition) is 7. The second-order valence-electron chi connectivity index (χ2n) is 8.82. The Morgan fingerprint density at radius 1 is 1.16 bits per heavy atom. The van der Waals surface area contributed by atoms with Gasteiger partial charge in [0.1, 0.15) is 11.5 Å². The molecule has 37 heavy (non-hydrogen) atoms. The summed E-state index contributed by atoms with van der Waals surface area (Å²) in [5.74, 6) is -1.36. The van der Waals surface area contributed by atoms with Crippen molar-refractivity contribution in [3.8, 4) is 5.75 Å². The van der Waals surface area contributed by atoms with Gasteiger partial charge in [-0.25, -0.2) is 0 Å². The Morgan fingerprint density at radius 3 is 2.65 bits per heavy atom. The molecule has 0 saturated carbocycles. The number of benzene rings is 2. The summed E-state index contributed by atoms with van der Waals surface area (Å²) in [5.41, 5.74) is 1.80. The summed E-state index contributed by atoms with van der Waals surface area (Å²) < 4.78 is 5.79. The molecule has 1 amide bonds. The number of ether oxygens (including phenoxy) is 1. The maximum atomic E-state index is 13.3. The fraction of sp³-hybridized carbons (Fsp3) is 0.250. The molecule has 9 heteroatoms. The SMILES string of the molecule is CCCCOc1ccc(C(O)=C2C(=O)C(=O)N(Cc3cccnc3)[C@H]2c2cccc([N+](=O)[O-])c2)cc1C. The van der Waals surface area contributed by atoms with Crippen LogP contribution >= 0.6 is 0 Å². The molecule has 1 aromatic heterocycles. The van der Waals surface area contributed by atoms with Gasteiger partial charge in [-0.2, -0.15) is 0 Å². The van der Waals surface area contributed by atoms with E-state index < -0.39 is 22.7 Å². The second-order valence-corrected chi connectivity index (χ2v) is 8.82. The summed E-state index contributed by atoms with van der Waals surface area (Å²) in [4.78, 5) is 42.7. The third kappa shape index (κ3) is 5.35. The first-order valence-electron chi connectivity index (χ1n) is 12.0. The molecule has 0 unspecified atom stereocenters. The minimum atomic E-state index is -1.03. The summed E-state index contributed by atoms with van der Waals surface area (Å²) in [6.07, 6.45) is 5.07. The number of nitrogens with zero attached hydrogens (tertiary/aromatic N) is 3. The largest absolute Gasteiger partial charge is 0.507 e. The highest BCUT2D eigenvalue weighted by molar-refractivity contribution is 6.46. The molecule has 1 fully saturated rings. The standard InChI is InChI=1S/C28H27N3O6/c1-3-4-13-37-23-11-10-21(14-18(23)2)26(32)24-25(20-8-5-9-22(15-20)31(35)36)30(28(34)27(24)33)17-19-7-6-12-29-16-19/h5-12,14-16,25,32H,3-4,13,17H2,1-2H3/t25-/m0/s1. The number of Topliss-reactive ketones (excluding diaryl/α,β-unsaturated/α-hetero) is 1. The number of ketones is 1. The zero-order valence-corrected chi connectivity index (χ0v) is 20.6. The monoisotopic (exact) mass is 501 g/mol. The van der Waals surface area contributed by atoms with Crippen molar-refractivity contribution in [1.29, 1.82) is 0 Å². The molecule has 1 N–H and O–H groups in total. The quantitative estimate of drug-likeness (QED) is 0.108. The smallest absolute Gasteiger partial charge is 0.295 e. The van der Waals surface area contributed by atoms with Crippen molar-refractivity contribution < 1.29 is 24.4 Å². The number of aliphatic hydroxyl groups excluding tert-OH is 1. The first kappa shape index (κ1) is 25.6. The lowest BCUT2D eigenvalue weighted by Crippen LogP contribution is -2.29. The molecule has 190 valence electrons. The number of rotatable bonds is 9. The second kappa shape index (κ2) is 11.0. The topological polar surface area (TPSA) is 123 Å². The van der Waals surface area contributed by atoms with E-state index in [1.165, 1.54) is 23.1 Å². The summed E-state index contributed by atoms with van der Waals surface area (Å²) in [7, 11) is 0. The van der Waals surface area contributed by atoms with Crippen molar-refractivity contribution in [2.45, 2.75) is 39.3 Å². The van der Waals surface area contributed by atoms with Gasteiger partial charge in [0.15, 0.2) is 0 Å². The minimum absolute atomic E-state index is 0.0335. The molecule has 0 bridgehead atoms. The average Bonchev–Trinajstić information content (AvgIpc) is 3.15. The van der Waals surface area contributed by atoms with Crippen LogP contribution in [0, 0.1) is 17.0 Å². The number of aromatic nitrogens is 1. The molecule has 4 rings (SSSR count). The maximum absolute atomic E-state index is 13.3. The summed E-state index contributed by atoms with van der Waals surface area (Å²) in [5, 5.41) is 22.8. The Kier molecular flexibility index (Phi) is 7.62. The lowest BCUT2D eigenvalue weighted by molar-refractivity contribution is -0.384. The van der Waals surface area contributed by atoms with Gasteiger partial charge in [0.25, 0.3) is 17.4 Å². The van der Waals surface area contributed by atoms with Crippen LogP contribution in [-0.4, -0.2) is 38.2 Å². The number of nitro benzene ring substituents is 1. The van der Waals surface area contributed by atoms with E-state index in [-0.39, 0.29) is 23.6 Å². The minimum Gasteiger partial charge on any atom is -0.507 e. The molecular formula is C28H27N3O6. The molecule has 3 aromatic rings. The van der Waals surface area contributed by atoms with Gasteiger partial charge in [-0.3, -0.25) is 24.7 Å². The van der Waals surface area contributed by atoms with Crippen LogP contribution in [0.3, 0.4) is 0 Å². The Labute approximate surface area is 214 Å². The number of aliphatic hydroxyl groups is 1. The number of nitro groups is 1. The molecule has 9 nitrogen and oxygen atoms in total. The zero-order valence-electron chi connectivity index (χ0n) is 20.6. The molecule has 1 aliphatic heterocycles. The molecule has 1 aliphatic rings. The van der Waals surface area contributed by atoms with Crippen LogP contribution in [0.25, 0.3) is 5.76 Å². The van der Waals surface area contributed by atoms with Crippen molar-refractivity contribution in [3.63, 3.8) is 0 Å². The number of hydrogen-bond donors (Lipinski definition) is 1. The normalized spacial score (nSPS) is 16.7. The van der Waals surface area contributed by atoms with Crippen LogP contribution in [0.15, 0.2) is 72.6 Å². The molecule has 1 saturated heterocycles. The van der Waals surface area contributed by atoms with Crippen LogP contribution in [-0.2, 0) is 16.1 Å². The third-order valence-corrected chi connectivity index (χ3v) is 6.22. The first-order valence-corrected chi connectivity index (χ1v) is 12.0. The third-order valence-electron chi connectivity index (χ3n) is 6.22. The molecule has 0 radical (unpaired) electrons. The van der Waals surface area contributed by atoms with Crippen LogP contribution < -0.4 is 4.74 Å². The highest BCUT2D eigenvalue weighted by Crippen LogP contribution is 2.41. The van der Waals surface area contributed by atoms with E-state index in [1.807, 2.05) is 6.92 Å². The van der Waals surface area contributed by atoms with Crippen molar-refractivity contribution in [2.75, 3.05) is 6.61 Å². The Balaban J connectivity index is 1.81. The highest BCUT2D eigenvalue weighted by Gasteiger charge is 2.46.